The molecule has 1 aromatic heterocycles. The fourth-order valence-electron chi connectivity index (χ4n) is 2.46. The maximum absolute atomic E-state index is 11.5. The Labute approximate surface area is 125 Å². The molecule has 0 unspecified atom stereocenters. The van der Waals surface area contributed by atoms with Crippen molar-refractivity contribution in [3.05, 3.63) is 17.8 Å². The molecule has 1 fully saturated rings. The van der Waals surface area contributed by atoms with Gasteiger partial charge in [0.1, 0.15) is 5.82 Å². The highest BCUT2D eigenvalue weighted by atomic mass is 16.5. The Hall–Kier alpha value is -1.82. The molecular formula is C15H24N4O2. The van der Waals surface area contributed by atoms with Gasteiger partial charge in [-0.05, 0) is 50.5 Å². The largest absolute Gasteiger partial charge is 0.464 e. The quantitative estimate of drug-likeness (QED) is 0.820. The summed E-state index contributed by atoms with van der Waals surface area (Å²) >= 11 is 0. The van der Waals surface area contributed by atoms with Crippen molar-refractivity contribution in [2.24, 2.45) is 5.41 Å². The van der Waals surface area contributed by atoms with Gasteiger partial charge in [-0.3, -0.25) is 0 Å². The summed E-state index contributed by atoms with van der Waals surface area (Å²) in [6.07, 6.45) is 2.26. The Morgan fingerprint density at radius 3 is 2.76 bits per heavy atom. The van der Waals surface area contributed by atoms with Gasteiger partial charge < -0.3 is 20.7 Å². The topological polar surface area (TPSA) is 80.5 Å². The smallest absolute Gasteiger partial charge is 0.356 e. The van der Waals surface area contributed by atoms with Crippen molar-refractivity contribution in [3.63, 3.8) is 0 Å². The van der Waals surface area contributed by atoms with Crippen molar-refractivity contribution < 1.29 is 9.53 Å². The van der Waals surface area contributed by atoms with Crippen LogP contribution in [0, 0.1) is 5.41 Å². The fraction of sp³-hybridized carbons (Fsp3) is 0.600. The van der Waals surface area contributed by atoms with Crippen LogP contribution in [-0.2, 0) is 4.74 Å². The van der Waals surface area contributed by atoms with E-state index in [1.54, 1.807) is 12.1 Å². The van der Waals surface area contributed by atoms with Crippen molar-refractivity contribution in [3.8, 4) is 0 Å². The molecule has 0 bridgehead atoms. The summed E-state index contributed by atoms with van der Waals surface area (Å²) in [7, 11) is 3.49. The maximum atomic E-state index is 11.5. The number of hydrogen-bond acceptors (Lipinski definition) is 6. The van der Waals surface area contributed by atoms with Gasteiger partial charge in [-0.1, -0.05) is 6.92 Å². The third-order valence-corrected chi connectivity index (χ3v) is 4.20. The molecule has 0 radical (unpaired) electrons. The number of piperidine rings is 1. The molecule has 21 heavy (non-hydrogen) atoms. The number of anilines is 2. The molecule has 0 spiro atoms. The number of likely N-dealkylation sites (tertiary alicyclic amines) is 1. The summed E-state index contributed by atoms with van der Waals surface area (Å²) in [6, 6.07) is 3.25. The van der Waals surface area contributed by atoms with Gasteiger partial charge in [0.2, 0.25) is 0 Å². The molecule has 0 amide bonds. The first kappa shape index (κ1) is 15.6. The van der Waals surface area contributed by atoms with Gasteiger partial charge in [-0.15, -0.1) is 0 Å². The average Bonchev–Trinajstić information content (AvgIpc) is 2.49. The standard InChI is InChI=1S/C15H24N4O2/c1-15(6-8-19(2)9-7-15)10-17-13-11(16)4-5-12(18-13)14(20)21-3/h4-5H,6-10,16H2,1-3H3,(H,17,18). The minimum atomic E-state index is -0.455. The summed E-state index contributed by atoms with van der Waals surface area (Å²) in [5.41, 5.74) is 6.96. The summed E-state index contributed by atoms with van der Waals surface area (Å²) in [6.45, 7) is 5.27. The maximum Gasteiger partial charge on any atom is 0.356 e. The third-order valence-electron chi connectivity index (χ3n) is 4.20. The highest BCUT2D eigenvalue weighted by molar-refractivity contribution is 5.88. The molecule has 1 aliphatic rings. The molecular weight excluding hydrogens is 268 g/mol. The zero-order valence-electron chi connectivity index (χ0n) is 13.0. The van der Waals surface area contributed by atoms with Crippen LogP contribution < -0.4 is 11.1 Å². The van der Waals surface area contributed by atoms with Crippen LogP contribution in [0.25, 0.3) is 0 Å². The number of carbonyl (C=O) groups excluding carboxylic acids is 1. The second kappa shape index (κ2) is 6.30. The molecule has 0 aliphatic carbocycles. The lowest BCUT2D eigenvalue weighted by Crippen LogP contribution is -2.40. The molecule has 0 saturated carbocycles. The van der Waals surface area contributed by atoms with Crippen LogP contribution in [0.2, 0.25) is 0 Å². The summed E-state index contributed by atoms with van der Waals surface area (Å²) in [5, 5.41) is 3.29. The first-order chi connectivity index (χ1) is 9.93. The lowest BCUT2D eigenvalue weighted by molar-refractivity contribution is 0.0594. The zero-order chi connectivity index (χ0) is 15.5. The predicted octanol–water partition coefficient (Wildman–Crippen LogP) is 1.59. The van der Waals surface area contributed by atoms with E-state index in [4.69, 9.17) is 5.73 Å². The molecule has 0 atom stereocenters. The van der Waals surface area contributed by atoms with Crippen molar-refractivity contribution in [1.82, 2.24) is 9.88 Å². The Morgan fingerprint density at radius 2 is 2.14 bits per heavy atom. The summed E-state index contributed by atoms with van der Waals surface area (Å²) < 4.78 is 4.68. The molecule has 1 aromatic rings. The Balaban J connectivity index is 2.04. The highest BCUT2D eigenvalue weighted by Gasteiger charge is 2.28. The Bertz CT molecular complexity index is 510. The summed E-state index contributed by atoms with van der Waals surface area (Å²) in [5.74, 6) is 0.0987. The van der Waals surface area contributed by atoms with Gasteiger partial charge in [0, 0.05) is 6.54 Å². The number of rotatable bonds is 4. The van der Waals surface area contributed by atoms with Crippen LogP contribution in [0.4, 0.5) is 11.5 Å². The molecule has 0 aromatic carbocycles. The van der Waals surface area contributed by atoms with Crippen LogP contribution in [0.15, 0.2) is 12.1 Å². The zero-order valence-corrected chi connectivity index (χ0v) is 13.0. The molecule has 3 N–H and O–H groups in total. The molecule has 2 heterocycles. The first-order valence-corrected chi connectivity index (χ1v) is 7.21. The minimum Gasteiger partial charge on any atom is -0.464 e. The van der Waals surface area contributed by atoms with E-state index < -0.39 is 5.97 Å². The molecule has 2 rings (SSSR count). The monoisotopic (exact) mass is 292 g/mol. The molecule has 6 nitrogen and oxygen atoms in total. The van der Waals surface area contributed by atoms with Crippen LogP contribution in [0.3, 0.4) is 0 Å². The predicted molar refractivity (Wildman–Crippen MR) is 83.3 cm³/mol. The van der Waals surface area contributed by atoms with Gasteiger partial charge >= 0.3 is 5.97 Å². The van der Waals surface area contributed by atoms with Crippen LogP contribution in [0.1, 0.15) is 30.3 Å². The first-order valence-electron chi connectivity index (χ1n) is 7.21. The van der Waals surface area contributed by atoms with Gasteiger partial charge in [0.05, 0.1) is 12.8 Å². The highest BCUT2D eigenvalue weighted by Crippen LogP contribution is 2.31. The van der Waals surface area contributed by atoms with E-state index in [0.29, 0.717) is 11.5 Å². The van der Waals surface area contributed by atoms with E-state index >= 15 is 0 Å². The SMILES string of the molecule is COC(=O)c1ccc(N)c(NCC2(C)CCN(C)CC2)n1. The van der Waals surface area contributed by atoms with Crippen molar-refractivity contribution in [2.75, 3.05) is 44.8 Å². The minimum absolute atomic E-state index is 0.224. The average molecular weight is 292 g/mol. The number of esters is 1. The summed E-state index contributed by atoms with van der Waals surface area (Å²) in [4.78, 5) is 18.1. The number of ether oxygens (including phenoxy) is 1. The number of pyridine rings is 1. The Morgan fingerprint density at radius 1 is 1.48 bits per heavy atom. The number of nitrogens with zero attached hydrogens (tertiary/aromatic N) is 2. The van der Waals surface area contributed by atoms with Crippen LogP contribution in [-0.4, -0.2) is 49.6 Å². The molecule has 116 valence electrons. The van der Waals surface area contributed by atoms with Crippen molar-refractivity contribution >= 4 is 17.5 Å². The van der Waals surface area contributed by atoms with E-state index in [9.17, 15) is 4.79 Å². The number of methoxy groups -OCH3 is 1. The van der Waals surface area contributed by atoms with Crippen LogP contribution >= 0.6 is 0 Å². The van der Waals surface area contributed by atoms with Crippen LogP contribution in [0.5, 0.6) is 0 Å². The molecule has 1 saturated heterocycles. The third kappa shape index (κ3) is 3.85. The van der Waals surface area contributed by atoms with Gasteiger partial charge in [0.25, 0.3) is 0 Å². The van der Waals surface area contributed by atoms with Gasteiger partial charge in [-0.25, -0.2) is 9.78 Å². The second-order valence-electron chi connectivity index (χ2n) is 6.09. The lowest BCUT2D eigenvalue weighted by Gasteiger charge is -2.38. The van der Waals surface area contributed by atoms with E-state index in [-0.39, 0.29) is 11.1 Å². The number of carbonyl (C=O) groups is 1. The normalized spacial score (nSPS) is 18.2. The van der Waals surface area contributed by atoms with Gasteiger partial charge in [0.15, 0.2) is 5.69 Å². The van der Waals surface area contributed by atoms with Crippen molar-refractivity contribution in [2.45, 2.75) is 19.8 Å². The second-order valence-corrected chi connectivity index (χ2v) is 6.09. The number of nitrogens with one attached hydrogen (secondary N) is 1. The Kier molecular flexibility index (Phi) is 4.67. The number of nitrogen functional groups attached to an aromatic ring is 1. The van der Waals surface area contributed by atoms with Gasteiger partial charge in [-0.2, -0.15) is 0 Å². The van der Waals surface area contributed by atoms with E-state index in [1.807, 2.05) is 0 Å². The van der Waals surface area contributed by atoms with E-state index in [2.05, 4.69) is 33.9 Å². The number of aromatic nitrogens is 1. The number of hydrogen-bond donors (Lipinski definition) is 2. The van der Waals surface area contributed by atoms with E-state index in [1.165, 1.54) is 7.11 Å². The fourth-order valence-corrected chi connectivity index (χ4v) is 2.46. The van der Waals surface area contributed by atoms with Crippen molar-refractivity contribution in [1.29, 1.82) is 0 Å². The lowest BCUT2D eigenvalue weighted by atomic mass is 9.80. The number of nitrogens with two attached hydrogens (primary N) is 1. The molecule has 1 aliphatic heterocycles. The van der Waals surface area contributed by atoms with E-state index in [0.717, 1.165) is 32.5 Å². The molecule has 6 heteroatoms.